The maximum Gasteiger partial charge on any atom is 0.338 e. The summed E-state index contributed by atoms with van der Waals surface area (Å²) in [4.78, 5) is 11.3. The molecule has 6 heteroatoms. The Morgan fingerprint density at radius 2 is 1.70 bits per heavy atom. The van der Waals surface area contributed by atoms with Crippen LogP contribution in [0.1, 0.15) is 15.9 Å². The fraction of sp³-hybridized carbons (Fsp3) is 0.0714. The first kappa shape index (κ1) is 14.1. The summed E-state index contributed by atoms with van der Waals surface area (Å²) in [6.07, 6.45) is 0. The van der Waals surface area contributed by atoms with Gasteiger partial charge in [0.25, 0.3) is 10.0 Å². The molecule has 0 fully saturated rings. The lowest BCUT2D eigenvalue weighted by Crippen LogP contribution is -2.16. The van der Waals surface area contributed by atoms with E-state index in [1.807, 2.05) is 0 Å². The standard InChI is InChI=1S/C14H13NO4S/c1-10-6-5-9-12(13(10)14(16)17)15-20(18,19)11-7-3-2-4-8-11/h2-9,15H,1H3,(H,16,17). The molecule has 2 N–H and O–H groups in total. The molecule has 5 nitrogen and oxygen atoms in total. The van der Waals surface area contributed by atoms with Gasteiger partial charge in [0.05, 0.1) is 16.1 Å². The molecule has 0 aliphatic rings. The highest BCUT2D eigenvalue weighted by molar-refractivity contribution is 7.92. The van der Waals surface area contributed by atoms with Gasteiger partial charge in [-0.25, -0.2) is 13.2 Å². The highest BCUT2D eigenvalue weighted by atomic mass is 32.2. The molecule has 2 aromatic carbocycles. The zero-order chi connectivity index (χ0) is 14.8. The Hall–Kier alpha value is -2.34. The molecule has 104 valence electrons. The van der Waals surface area contributed by atoms with Crippen LogP contribution < -0.4 is 4.72 Å². The van der Waals surface area contributed by atoms with Gasteiger partial charge in [-0.15, -0.1) is 0 Å². The molecule has 2 rings (SSSR count). The van der Waals surface area contributed by atoms with Crippen LogP contribution in [0.15, 0.2) is 53.4 Å². The topological polar surface area (TPSA) is 83.5 Å². The summed E-state index contributed by atoms with van der Waals surface area (Å²) in [7, 11) is -3.80. The molecule has 20 heavy (non-hydrogen) atoms. The van der Waals surface area contributed by atoms with Crippen LogP contribution in [-0.2, 0) is 10.0 Å². The van der Waals surface area contributed by atoms with Gasteiger partial charge < -0.3 is 5.11 Å². The number of carbonyl (C=O) groups is 1. The van der Waals surface area contributed by atoms with Crippen LogP contribution in [0, 0.1) is 6.92 Å². The molecule has 0 aliphatic heterocycles. The number of benzene rings is 2. The number of aromatic carboxylic acids is 1. The van der Waals surface area contributed by atoms with Crippen molar-refractivity contribution in [3.63, 3.8) is 0 Å². The number of anilines is 1. The lowest BCUT2D eigenvalue weighted by molar-refractivity contribution is 0.0697. The predicted molar refractivity (Wildman–Crippen MR) is 75.4 cm³/mol. The Bertz CT molecular complexity index is 739. The van der Waals surface area contributed by atoms with Crippen molar-refractivity contribution >= 4 is 21.7 Å². The summed E-state index contributed by atoms with van der Waals surface area (Å²) in [6.45, 7) is 1.61. The van der Waals surface area contributed by atoms with Gasteiger partial charge >= 0.3 is 5.97 Å². The number of rotatable bonds is 4. The van der Waals surface area contributed by atoms with Crippen LogP contribution in [0.25, 0.3) is 0 Å². The number of aryl methyl sites for hydroxylation is 1. The van der Waals surface area contributed by atoms with Gasteiger partial charge in [-0.05, 0) is 30.7 Å². The van der Waals surface area contributed by atoms with E-state index in [4.69, 9.17) is 0 Å². The summed E-state index contributed by atoms with van der Waals surface area (Å²) in [6, 6.07) is 12.4. The molecule has 0 spiro atoms. The average molecular weight is 291 g/mol. The lowest BCUT2D eigenvalue weighted by Gasteiger charge is -2.12. The zero-order valence-corrected chi connectivity index (χ0v) is 11.5. The largest absolute Gasteiger partial charge is 0.478 e. The van der Waals surface area contributed by atoms with Crippen molar-refractivity contribution in [1.29, 1.82) is 0 Å². The maximum atomic E-state index is 12.2. The SMILES string of the molecule is Cc1cccc(NS(=O)(=O)c2ccccc2)c1C(=O)O. The molecule has 0 bridgehead atoms. The fourth-order valence-electron chi connectivity index (χ4n) is 1.84. The van der Waals surface area contributed by atoms with Crippen molar-refractivity contribution in [2.75, 3.05) is 4.72 Å². The van der Waals surface area contributed by atoms with Crippen molar-refractivity contribution < 1.29 is 18.3 Å². The Morgan fingerprint density at radius 1 is 1.05 bits per heavy atom. The molecular weight excluding hydrogens is 278 g/mol. The third-order valence-corrected chi connectivity index (χ3v) is 4.17. The van der Waals surface area contributed by atoms with Gasteiger partial charge in [-0.3, -0.25) is 4.72 Å². The molecule has 0 unspecified atom stereocenters. The molecule has 0 heterocycles. The lowest BCUT2D eigenvalue weighted by atomic mass is 10.1. The molecule has 0 saturated carbocycles. The second-order valence-electron chi connectivity index (χ2n) is 4.22. The van der Waals surface area contributed by atoms with E-state index in [-0.39, 0.29) is 16.1 Å². The van der Waals surface area contributed by atoms with E-state index >= 15 is 0 Å². The van der Waals surface area contributed by atoms with Crippen molar-refractivity contribution in [2.24, 2.45) is 0 Å². The van der Waals surface area contributed by atoms with E-state index in [1.165, 1.54) is 18.2 Å². The number of nitrogens with one attached hydrogen (secondary N) is 1. The Morgan fingerprint density at radius 3 is 2.30 bits per heavy atom. The van der Waals surface area contributed by atoms with Crippen LogP contribution in [-0.4, -0.2) is 19.5 Å². The molecular formula is C14H13NO4S. The van der Waals surface area contributed by atoms with E-state index in [0.717, 1.165) is 0 Å². The van der Waals surface area contributed by atoms with Crippen LogP contribution >= 0.6 is 0 Å². The quantitative estimate of drug-likeness (QED) is 0.906. The first-order chi connectivity index (χ1) is 9.42. The average Bonchev–Trinajstić information content (AvgIpc) is 2.39. The van der Waals surface area contributed by atoms with Crippen LogP contribution in [0.3, 0.4) is 0 Å². The molecule has 0 atom stereocenters. The van der Waals surface area contributed by atoms with Gasteiger partial charge in [-0.1, -0.05) is 30.3 Å². The second kappa shape index (κ2) is 5.34. The van der Waals surface area contributed by atoms with E-state index in [0.29, 0.717) is 5.56 Å². The third-order valence-electron chi connectivity index (χ3n) is 2.78. The summed E-state index contributed by atoms with van der Waals surface area (Å²) < 4.78 is 26.7. The molecule has 0 aromatic heterocycles. The number of carboxylic acid groups (broad SMARTS) is 1. The van der Waals surface area contributed by atoms with E-state index in [1.54, 1.807) is 37.3 Å². The fourth-order valence-corrected chi connectivity index (χ4v) is 2.93. The first-order valence-electron chi connectivity index (χ1n) is 5.82. The van der Waals surface area contributed by atoms with Gasteiger partial charge in [0.1, 0.15) is 0 Å². The predicted octanol–water partition coefficient (Wildman–Crippen LogP) is 2.49. The van der Waals surface area contributed by atoms with E-state index in [9.17, 15) is 18.3 Å². The number of sulfonamides is 1. The third kappa shape index (κ3) is 2.80. The molecule has 0 saturated heterocycles. The van der Waals surface area contributed by atoms with E-state index < -0.39 is 16.0 Å². The van der Waals surface area contributed by atoms with Gasteiger partial charge in [-0.2, -0.15) is 0 Å². The summed E-state index contributed by atoms with van der Waals surface area (Å²) in [5.74, 6) is -1.17. The summed E-state index contributed by atoms with van der Waals surface area (Å²) in [5, 5.41) is 9.18. The van der Waals surface area contributed by atoms with E-state index in [2.05, 4.69) is 4.72 Å². The number of hydrogen-bond donors (Lipinski definition) is 2. The van der Waals surface area contributed by atoms with Gasteiger partial charge in [0.2, 0.25) is 0 Å². The zero-order valence-electron chi connectivity index (χ0n) is 10.7. The van der Waals surface area contributed by atoms with Crippen LogP contribution in [0.4, 0.5) is 5.69 Å². The second-order valence-corrected chi connectivity index (χ2v) is 5.90. The minimum Gasteiger partial charge on any atom is -0.478 e. The Labute approximate surface area is 116 Å². The van der Waals surface area contributed by atoms with Crippen molar-refractivity contribution in [2.45, 2.75) is 11.8 Å². The van der Waals surface area contributed by atoms with Crippen molar-refractivity contribution in [3.8, 4) is 0 Å². The van der Waals surface area contributed by atoms with Crippen LogP contribution in [0.2, 0.25) is 0 Å². The maximum absolute atomic E-state index is 12.2. The highest BCUT2D eigenvalue weighted by Gasteiger charge is 2.19. The first-order valence-corrected chi connectivity index (χ1v) is 7.31. The Balaban J connectivity index is 2.46. The summed E-state index contributed by atoms with van der Waals surface area (Å²) in [5.41, 5.74) is 0.499. The highest BCUT2D eigenvalue weighted by Crippen LogP contribution is 2.22. The number of carboxylic acids is 1. The molecule has 2 aromatic rings. The minimum atomic E-state index is -3.80. The van der Waals surface area contributed by atoms with Crippen LogP contribution in [0.5, 0.6) is 0 Å². The summed E-state index contributed by atoms with van der Waals surface area (Å²) >= 11 is 0. The minimum absolute atomic E-state index is 0.0491. The monoisotopic (exact) mass is 291 g/mol. The van der Waals surface area contributed by atoms with Gasteiger partial charge in [0.15, 0.2) is 0 Å². The normalized spacial score (nSPS) is 11.1. The van der Waals surface area contributed by atoms with Crippen molar-refractivity contribution in [1.82, 2.24) is 0 Å². The molecule has 0 amide bonds. The van der Waals surface area contributed by atoms with Gasteiger partial charge in [0, 0.05) is 0 Å². The number of hydrogen-bond acceptors (Lipinski definition) is 3. The molecule has 0 radical (unpaired) electrons. The van der Waals surface area contributed by atoms with Crippen molar-refractivity contribution in [3.05, 3.63) is 59.7 Å². The smallest absolute Gasteiger partial charge is 0.338 e. The Kier molecular flexibility index (Phi) is 3.76. The molecule has 0 aliphatic carbocycles.